The Morgan fingerprint density at radius 1 is 0.356 bits per heavy atom. The van der Waals surface area contributed by atoms with Gasteiger partial charge in [0.15, 0.2) is 34.5 Å². The molecule has 0 fully saturated rings. The van der Waals surface area contributed by atoms with Crippen LogP contribution in [0.2, 0.25) is 0 Å². The van der Waals surface area contributed by atoms with Crippen LogP contribution in [-0.2, 0) is 14.2 Å². The van der Waals surface area contributed by atoms with Crippen LogP contribution in [0.5, 0.6) is 34.5 Å². The van der Waals surface area contributed by atoms with Crippen LogP contribution in [0.3, 0.4) is 0 Å². The van der Waals surface area contributed by atoms with E-state index in [9.17, 15) is 0 Å². The summed E-state index contributed by atoms with van der Waals surface area (Å²) in [6.45, 7) is 15.1. The lowest BCUT2D eigenvalue weighted by Gasteiger charge is -2.20. The first-order valence-corrected chi connectivity index (χ1v) is 23.1. The predicted molar refractivity (Wildman–Crippen MR) is 239 cm³/mol. The molecule has 0 bridgehead atoms. The van der Waals surface area contributed by atoms with Gasteiger partial charge in [0.1, 0.15) is 13.2 Å². The smallest absolute Gasteiger partial charge is 0.161 e. The minimum Gasteiger partial charge on any atom is -0.490 e. The third-order valence-electron chi connectivity index (χ3n) is 10.3. The molecule has 0 radical (unpaired) electrons. The van der Waals surface area contributed by atoms with E-state index >= 15 is 0 Å². The van der Waals surface area contributed by atoms with Gasteiger partial charge in [-0.1, -0.05) is 117 Å². The van der Waals surface area contributed by atoms with Crippen molar-refractivity contribution in [2.75, 3.05) is 79.3 Å². The highest BCUT2D eigenvalue weighted by molar-refractivity contribution is 5.87. The van der Waals surface area contributed by atoms with Crippen LogP contribution < -0.4 is 28.4 Å². The second-order valence-corrected chi connectivity index (χ2v) is 15.3. The third-order valence-corrected chi connectivity index (χ3v) is 10.3. The van der Waals surface area contributed by atoms with E-state index in [0.717, 1.165) is 96.6 Å². The van der Waals surface area contributed by atoms with Crippen LogP contribution in [-0.4, -0.2) is 79.3 Å². The lowest BCUT2D eigenvalue weighted by atomic mass is 9.93. The quantitative estimate of drug-likeness (QED) is 0.0735. The van der Waals surface area contributed by atoms with E-state index < -0.39 is 0 Å². The van der Waals surface area contributed by atoms with Gasteiger partial charge >= 0.3 is 0 Å². The zero-order valence-corrected chi connectivity index (χ0v) is 37.1. The Morgan fingerprint density at radius 3 is 1.02 bits per heavy atom. The van der Waals surface area contributed by atoms with Crippen molar-refractivity contribution in [3.05, 3.63) is 48.5 Å². The number of rotatable bonds is 26. The lowest BCUT2D eigenvalue weighted by Crippen LogP contribution is -2.13. The Morgan fingerprint density at radius 2 is 0.678 bits per heavy atom. The predicted octanol–water partition coefficient (Wildman–Crippen LogP) is 12.7. The molecule has 3 aromatic rings. The molecule has 0 amide bonds. The molecule has 59 heavy (non-hydrogen) atoms. The summed E-state index contributed by atoms with van der Waals surface area (Å²) in [5.41, 5.74) is 3.92. The number of benzene rings is 3. The van der Waals surface area contributed by atoms with Crippen molar-refractivity contribution in [1.29, 1.82) is 0 Å². The van der Waals surface area contributed by atoms with Crippen LogP contribution in [0, 0.1) is 0 Å². The van der Waals surface area contributed by atoms with Crippen LogP contribution >= 0.6 is 0 Å². The van der Waals surface area contributed by atoms with Crippen LogP contribution in [0.4, 0.5) is 0 Å². The van der Waals surface area contributed by atoms with Crippen LogP contribution in [0.15, 0.2) is 48.5 Å². The Hall–Kier alpha value is -3.66. The van der Waals surface area contributed by atoms with Gasteiger partial charge in [-0.05, 0) is 84.3 Å². The molecule has 1 heterocycles. The van der Waals surface area contributed by atoms with Crippen LogP contribution in [0.1, 0.15) is 130 Å². The number of unbranched alkanes of at least 4 members (excludes halogenated alkanes) is 12. The second-order valence-electron chi connectivity index (χ2n) is 15.3. The summed E-state index contributed by atoms with van der Waals surface area (Å²) in [5.74, 6) is 4.33. The van der Waals surface area contributed by atoms with Crippen molar-refractivity contribution < 1.29 is 42.6 Å². The van der Waals surface area contributed by atoms with Crippen molar-refractivity contribution >= 4 is 0 Å². The van der Waals surface area contributed by atoms with E-state index in [4.69, 9.17) is 42.6 Å². The van der Waals surface area contributed by atoms with Crippen molar-refractivity contribution in [3.8, 4) is 56.8 Å². The zero-order chi connectivity index (χ0) is 41.6. The topological polar surface area (TPSA) is 83.1 Å². The van der Waals surface area contributed by atoms with Gasteiger partial charge in [0.05, 0.1) is 66.1 Å². The Balaban J connectivity index is 1.78. The summed E-state index contributed by atoms with van der Waals surface area (Å²) < 4.78 is 55.9. The fraction of sp³-hybridized carbons (Fsp3) is 0.640. The lowest BCUT2D eigenvalue weighted by molar-refractivity contribution is 0.00708. The molecule has 0 atom stereocenters. The maximum Gasteiger partial charge on any atom is 0.161 e. The molecule has 1 aliphatic rings. The molecule has 0 aliphatic carbocycles. The van der Waals surface area contributed by atoms with Crippen molar-refractivity contribution in [1.82, 2.24) is 0 Å². The molecule has 1 aliphatic heterocycles. The van der Waals surface area contributed by atoms with Gasteiger partial charge in [0.2, 0.25) is 0 Å². The molecule has 0 saturated carbocycles. The monoisotopic (exact) mass is 821 g/mol. The van der Waals surface area contributed by atoms with Crippen molar-refractivity contribution in [2.45, 2.75) is 130 Å². The van der Waals surface area contributed by atoms with Crippen molar-refractivity contribution in [3.63, 3.8) is 0 Å². The van der Waals surface area contributed by atoms with E-state index in [1.165, 1.54) is 51.4 Å². The van der Waals surface area contributed by atoms with Crippen molar-refractivity contribution in [2.24, 2.45) is 0 Å². The highest BCUT2D eigenvalue weighted by atomic mass is 16.6. The SMILES string of the molecule is CCCCCCOc1ccc(-c2cc3c(cc2-c2ccc(OCCCCCC)c(OCCCCCC)c2)OCCOCCOCCOCCO3)cc1OCCCCCC. The largest absolute Gasteiger partial charge is 0.490 e. The fourth-order valence-corrected chi connectivity index (χ4v) is 6.89. The molecule has 3 aromatic carbocycles. The van der Waals surface area contributed by atoms with Gasteiger partial charge in [0.25, 0.3) is 0 Å². The average Bonchev–Trinajstić information content (AvgIpc) is 3.26. The van der Waals surface area contributed by atoms with Gasteiger partial charge in [-0.2, -0.15) is 0 Å². The normalized spacial score (nSPS) is 14.0. The zero-order valence-electron chi connectivity index (χ0n) is 37.1. The number of hydrogen-bond acceptors (Lipinski definition) is 9. The standard InChI is InChI=1S/C50H76O9/c1-5-9-13-17-25-54-45-23-21-41(37-47(45)56-27-19-15-11-7-3)43-39-49-50(59-36-34-53-32-30-51-29-31-52-33-35-58-49)40-44(43)42-22-24-46(55-26-18-14-10-6-2)48(38-42)57-28-20-16-12-8-4/h21-24,37-40H,5-20,25-36H2,1-4H3. The first kappa shape index (κ1) is 48.0. The second kappa shape index (κ2) is 30.4. The molecule has 9 heteroatoms. The first-order valence-electron chi connectivity index (χ1n) is 23.1. The molecular formula is C50H76O9. The molecule has 330 valence electrons. The summed E-state index contributed by atoms with van der Waals surface area (Å²) in [6.07, 6.45) is 18.2. The summed E-state index contributed by atoms with van der Waals surface area (Å²) in [4.78, 5) is 0. The Bertz CT molecular complexity index is 1430. The van der Waals surface area contributed by atoms with Crippen LogP contribution in [0.25, 0.3) is 22.3 Å². The highest BCUT2D eigenvalue weighted by Crippen LogP contribution is 2.45. The van der Waals surface area contributed by atoms with Gasteiger partial charge < -0.3 is 42.6 Å². The first-order chi connectivity index (χ1) is 29.2. The molecule has 0 N–H and O–H groups in total. The molecule has 0 aromatic heterocycles. The minimum atomic E-state index is 0.364. The summed E-state index contributed by atoms with van der Waals surface area (Å²) >= 11 is 0. The molecule has 9 nitrogen and oxygen atoms in total. The van der Waals surface area contributed by atoms with Gasteiger partial charge in [0, 0.05) is 0 Å². The molecule has 0 unspecified atom stereocenters. The van der Waals surface area contributed by atoms with E-state index in [1.54, 1.807) is 0 Å². The molecular weight excluding hydrogens is 745 g/mol. The van der Waals surface area contributed by atoms with E-state index in [0.29, 0.717) is 90.8 Å². The average molecular weight is 821 g/mol. The van der Waals surface area contributed by atoms with Gasteiger partial charge in [-0.25, -0.2) is 0 Å². The van der Waals surface area contributed by atoms with E-state index in [-0.39, 0.29) is 0 Å². The summed E-state index contributed by atoms with van der Waals surface area (Å²) in [7, 11) is 0. The third kappa shape index (κ3) is 18.2. The number of ether oxygens (including phenoxy) is 9. The maximum atomic E-state index is 6.52. The molecule has 4 rings (SSSR count). The summed E-state index contributed by atoms with van der Waals surface area (Å²) in [6, 6.07) is 16.8. The molecule has 0 saturated heterocycles. The highest BCUT2D eigenvalue weighted by Gasteiger charge is 2.20. The number of hydrogen-bond donors (Lipinski definition) is 0. The van der Waals surface area contributed by atoms with Gasteiger partial charge in [-0.3, -0.25) is 0 Å². The molecule has 0 spiro atoms. The fourth-order valence-electron chi connectivity index (χ4n) is 6.89. The van der Waals surface area contributed by atoms with E-state index in [2.05, 4.69) is 76.2 Å². The summed E-state index contributed by atoms with van der Waals surface area (Å²) in [5, 5.41) is 0. The van der Waals surface area contributed by atoms with Gasteiger partial charge in [-0.15, -0.1) is 0 Å². The Labute approximate surface area is 356 Å². The Kier molecular flexibility index (Phi) is 24.7. The maximum absolute atomic E-state index is 6.52. The van der Waals surface area contributed by atoms with E-state index in [1.807, 2.05) is 0 Å². The minimum absolute atomic E-state index is 0.364. The number of fused-ring (bicyclic) bond motifs is 1.